The third kappa shape index (κ3) is 5.16. The van der Waals surface area contributed by atoms with E-state index in [1.54, 1.807) is 19.1 Å². The van der Waals surface area contributed by atoms with Gasteiger partial charge in [-0.25, -0.2) is 4.79 Å². The number of esters is 2. The van der Waals surface area contributed by atoms with E-state index in [0.717, 1.165) is 5.56 Å². The number of cyclic esters (lactones) is 1. The number of Topliss-reactive ketones (excluding diaryl/α,β-unsaturated/α-hetero) is 1. The van der Waals surface area contributed by atoms with Gasteiger partial charge in [-0.05, 0) is 49.8 Å². The van der Waals surface area contributed by atoms with Gasteiger partial charge in [0, 0.05) is 24.3 Å². The summed E-state index contributed by atoms with van der Waals surface area (Å²) in [7, 11) is 0. The molecule has 2 aromatic carbocycles. The highest BCUT2D eigenvalue weighted by Crippen LogP contribution is 2.47. The lowest BCUT2D eigenvalue weighted by Gasteiger charge is -2.27. The molecule has 172 valence electrons. The Bertz CT molecular complexity index is 1090. The van der Waals surface area contributed by atoms with Crippen LogP contribution in [0, 0.1) is 0 Å². The van der Waals surface area contributed by atoms with Crippen molar-refractivity contribution in [3.05, 3.63) is 64.7 Å². The van der Waals surface area contributed by atoms with Gasteiger partial charge in [0.25, 0.3) is 0 Å². The van der Waals surface area contributed by atoms with E-state index in [1.165, 1.54) is 0 Å². The van der Waals surface area contributed by atoms with E-state index in [4.69, 9.17) is 9.47 Å². The van der Waals surface area contributed by atoms with Crippen LogP contribution in [-0.2, 0) is 14.3 Å². The molecule has 1 unspecified atom stereocenters. The second kappa shape index (κ2) is 10.0. The normalized spacial score (nSPS) is 22.9. The molecule has 0 spiro atoms. The number of benzene rings is 2. The summed E-state index contributed by atoms with van der Waals surface area (Å²) in [5.74, 6) is -1.21. The van der Waals surface area contributed by atoms with Gasteiger partial charge < -0.3 is 14.6 Å². The highest BCUT2D eigenvalue weighted by Gasteiger charge is 2.35. The molecule has 2 aromatic rings. The van der Waals surface area contributed by atoms with Crippen LogP contribution >= 0.6 is 0 Å². The molecule has 6 heteroatoms. The van der Waals surface area contributed by atoms with Crippen molar-refractivity contribution in [2.24, 2.45) is 0 Å². The minimum absolute atomic E-state index is 0.0681. The molecule has 2 heterocycles. The maximum Gasteiger partial charge on any atom is 0.342 e. The predicted octanol–water partition coefficient (Wildman–Crippen LogP) is 5.32. The van der Waals surface area contributed by atoms with Gasteiger partial charge in [0.1, 0.15) is 22.8 Å². The number of phenolic OH excluding ortho intramolecular Hbond substituents is 1. The fourth-order valence-electron chi connectivity index (χ4n) is 4.49. The van der Waals surface area contributed by atoms with Crippen molar-refractivity contribution in [3.8, 4) is 11.5 Å². The van der Waals surface area contributed by atoms with Crippen LogP contribution in [0.5, 0.6) is 11.5 Å². The molecule has 0 bridgehead atoms. The molecule has 1 N–H and O–H groups in total. The van der Waals surface area contributed by atoms with Crippen LogP contribution in [0.2, 0.25) is 0 Å². The Labute approximate surface area is 193 Å². The predicted molar refractivity (Wildman–Crippen MR) is 123 cm³/mol. The summed E-state index contributed by atoms with van der Waals surface area (Å²) in [6, 6.07) is 11.0. The summed E-state index contributed by atoms with van der Waals surface area (Å²) in [6.07, 6.45) is 6.82. The molecule has 2 atom stereocenters. The summed E-state index contributed by atoms with van der Waals surface area (Å²) in [4.78, 5) is 37.5. The molecule has 6 nitrogen and oxygen atoms in total. The standard InChI is InChI=1S/C27H28O6/c1-17-9-8-14-20(28)13-7-3-6-12-19-15-22-25(26(30)24(19)27(31)32-17)21(16-23(29)33-22)18-10-4-2-5-11-18/h2,4-6,10-12,15,17,21,30H,3,7-9,13-14,16H2,1H3/b12-6+/t17-,21?/m0/s1. The monoisotopic (exact) mass is 448 g/mol. The average Bonchev–Trinajstić information content (AvgIpc) is 2.78. The summed E-state index contributed by atoms with van der Waals surface area (Å²) in [5, 5.41) is 11.3. The Balaban J connectivity index is 1.80. The molecular weight excluding hydrogens is 420 g/mol. The van der Waals surface area contributed by atoms with Gasteiger partial charge in [-0.3, -0.25) is 9.59 Å². The molecule has 33 heavy (non-hydrogen) atoms. The quantitative estimate of drug-likeness (QED) is 0.469. The van der Waals surface area contributed by atoms with Crippen LogP contribution in [0.15, 0.2) is 42.5 Å². The lowest BCUT2D eigenvalue weighted by Crippen LogP contribution is -2.23. The largest absolute Gasteiger partial charge is 0.507 e. The van der Waals surface area contributed by atoms with E-state index in [0.29, 0.717) is 49.7 Å². The maximum atomic E-state index is 13.2. The van der Waals surface area contributed by atoms with Crippen molar-refractivity contribution in [1.82, 2.24) is 0 Å². The van der Waals surface area contributed by atoms with E-state index >= 15 is 0 Å². The minimum atomic E-state index is -0.630. The van der Waals surface area contributed by atoms with E-state index in [1.807, 2.05) is 36.4 Å². The van der Waals surface area contributed by atoms with Gasteiger partial charge >= 0.3 is 11.9 Å². The molecule has 0 radical (unpaired) electrons. The molecule has 0 amide bonds. The van der Waals surface area contributed by atoms with Crippen molar-refractivity contribution in [2.45, 2.75) is 63.9 Å². The average molecular weight is 449 g/mol. The summed E-state index contributed by atoms with van der Waals surface area (Å²) < 4.78 is 11.1. The lowest BCUT2D eigenvalue weighted by molar-refractivity contribution is -0.135. The number of carbonyl (C=O) groups is 3. The zero-order valence-electron chi connectivity index (χ0n) is 18.7. The van der Waals surface area contributed by atoms with Crippen molar-refractivity contribution in [2.75, 3.05) is 0 Å². The van der Waals surface area contributed by atoms with Crippen molar-refractivity contribution in [1.29, 1.82) is 0 Å². The number of carbonyl (C=O) groups excluding carboxylic acids is 3. The van der Waals surface area contributed by atoms with E-state index in [2.05, 4.69) is 0 Å². The van der Waals surface area contributed by atoms with Crippen molar-refractivity contribution in [3.63, 3.8) is 0 Å². The van der Waals surface area contributed by atoms with E-state index in [-0.39, 0.29) is 29.3 Å². The number of phenols is 1. The van der Waals surface area contributed by atoms with Gasteiger partial charge in [0.05, 0.1) is 12.5 Å². The zero-order valence-corrected chi connectivity index (χ0v) is 18.7. The molecule has 0 fully saturated rings. The first-order valence-corrected chi connectivity index (χ1v) is 11.5. The topological polar surface area (TPSA) is 89.9 Å². The van der Waals surface area contributed by atoms with Crippen LogP contribution in [0.4, 0.5) is 0 Å². The highest BCUT2D eigenvalue weighted by molar-refractivity contribution is 5.98. The molecule has 4 rings (SSSR count). The first-order chi connectivity index (χ1) is 15.9. The summed E-state index contributed by atoms with van der Waals surface area (Å²) in [6.45, 7) is 1.79. The number of allylic oxidation sites excluding steroid dienone is 1. The van der Waals surface area contributed by atoms with Gasteiger partial charge in [0.2, 0.25) is 0 Å². The Kier molecular flexibility index (Phi) is 6.92. The number of aromatic hydroxyl groups is 1. The van der Waals surface area contributed by atoms with Gasteiger partial charge in [-0.2, -0.15) is 0 Å². The second-order valence-corrected chi connectivity index (χ2v) is 8.68. The number of hydrogen-bond acceptors (Lipinski definition) is 6. The molecule has 0 aliphatic carbocycles. The Morgan fingerprint density at radius 2 is 1.79 bits per heavy atom. The smallest absolute Gasteiger partial charge is 0.342 e. The Morgan fingerprint density at radius 1 is 1.03 bits per heavy atom. The third-order valence-corrected chi connectivity index (χ3v) is 6.18. The van der Waals surface area contributed by atoms with Crippen LogP contribution in [0.1, 0.15) is 84.8 Å². The maximum absolute atomic E-state index is 13.2. The summed E-state index contributed by atoms with van der Waals surface area (Å²) >= 11 is 0. The number of hydrogen-bond donors (Lipinski definition) is 1. The SMILES string of the molecule is C[C@H]1CCCC(=O)CCC/C=C/c2cc3c(c(O)c2C(=O)O1)C(c1ccccc1)CC(=O)O3. The van der Waals surface area contributed by atoms with Gasteiger partial charge in [-0.15, -0.1) is 0 Å². The first-order valence-electron chi connectivity index (χ1n) is 11.5. The molecule has 0 saturated carbocycles. The van der Waals surface area contributed by atoms with Crippen molar-refractivity contribution >= 4 is 23.8 Å². The second-order valence-electron chi connectivity index (χ2n) is 8.68. The fraction of sp³-hybridized carbons (Fsp3) is 0.370. The molecule has 0 aromatic heterocycles. The van der Waals surface area contributed by atoms with Crippen LogP contribution < -0.4 is 4.74 Å². The fourth-order valence-corrected chi connectivity index (χ4v) is 4.49. The Hall–Kier alpha value is -3.41. The van der Waals surface area contributed by atoms with Crippen molar-refractivity contribution < 1.29 is 29.0 Å². The zero-order chi connectivity index (χ0) is 23.4. The van der Waals surface area contributed by atoms with Gasteiger partial charge in [-0.1, -0.05) is 42.5 Å². The Morgan fingerprint density at radius 3 is 2.58 bits per heavy atom. The van der Waals surface area contributed by atoms with E-state index in [9.17, 15) is 19.5 Å². The molecule has 0 saturated heterocycles. The molecule has 2 aliphatic heterocycles. The lowest BCUT2D eigenvalue weighted by atomic mass is 9.83. The third-order valence-electron chi connectivity index (χ3n) is 6.18. The van der Waals surface area contributed by atoms with E-state index < -0.39 is 24.0 Å². The summed E-state index contributed by atoms with van der Waals surface area (Å²) in [5.41, 5.74) is 1.77. The highest BCUT2D eigenvalue weighted by atomic mass is 16.5. The number of rotatable bonds is 1. The van der Waals surface area contributed by atoms with Crippen LogP contribution in [-0.4, -0.2) is 28.9 Å². The number of ether oxygens (including phenoxy) is 2. The molecular formula is C27H28O6. The first kappa shape index (κ1) is 22.8. The van der Waals surface area contributed by atoms with Crippen LogP contribution in [0.25, 0.3) is 6.08 Å². The number of ketones is 1. The van der Waals surface area contributed by atoms with Gasteiger partial charge in [0.15, 0.2) is 0 Å². The minimum Gasteiger partial charge on any atom is -0.507 e. The van der Waals surface area contributed by atoms with Crippen LogP contribution in [0.3, 0.4) is 0 Å². The number of fused-ring (bicyclic) bond motifs is 2. The molecule has 2 aliphatic rings.